The number of Topliss-reactive ketones (excluding diaryl/α,β-unsaturated/α-hetero) is 1. The molecule has 136 valence electrons. The molecule has 0 amide bonds. The van der Waals surface area contributed by atoms with E-state index in [4.69, 9.17) is 4.99 Å². The van der Waals surface area contributed by atoms with E-state index in [1.807, 2.05) is 26.1 Å². The number of nitrogens with one attached hydrogen (secondary N) is 1. The van der Waals surface area contributed by atoms with Gasteiger partial charge in [-0.3, -0.25) is 14.7 Å². The molecule has 1 N–H and O–H groups in total. The molecular weight excluding hydrogens is 312 g/mol. The fourth-order valence-electron chi connectivity index (χ4n) is 3.41. The second-order valence-electron chi connectivity index (χ2n) is 7.23. The zero-order chi connectivity index (χ0) is 17.8. The van der Waals surface area contributed by atoms with Gasteiger partial charge in [0.15, 0.2) is 5.78 Å². The summed E-state index contributed by atoms with van der Waals surface area (Å²) in [5, 5.41) is 3.24. The Kier molecular flexibility index (Phi) is 5.86. The molecule has 1 saturated carbocycles. The van der Waals surface area contributed by atoms with Gasteiger partial charge in [-0.05, 0) is 32.9 Å². The highest BCUT2D eigenvalue weighted by Gasteiger charge is 2.32. The van der Waals surface area contributed by atoms with Crippen LogP contribution in [0.3, 0.4) is 0 Å². The number of hydrogen-bond acceptors (Lipinski definition) is 5. The number of benzene rings is 1. The van der Waals surface area contributed by atoms with Crippen LogP contribution in [0.4, 0.5) is 5.69 Å². The van der Waals surface area contributed by atoms with Crippen LogP contribution in [0.25, 0.3) is 0 Å². The van der Waals surface area contributed by atoms with Gasteiger partial charge in [-0.15, -0.1) is 0 Å². The van der Waals surface area contributed by atoms with Crippen LogP contribution in [0.1, 0.15) is 35.7 Å². The second-order valence-corrected chi connectivity index (χ2v) is 7.23. The summed E-state index contributed by atoms with van der Waals surface area (Å²) in [7, 11) is 4.06. The van der Waals surface area contributed by atoms with Crippen molar-refractivity contribution in [3.05, 3.63) is 29.3 Å². The second kappa shape index (κ2) is 8.11. The summed E-state index contributed by atoms with van der Waals surface area (Å²) in [5.41, 5.74) is 3.80. The Balaban J connectivity index is 1.67. The Labute approximate surface area is 151 Å². The molecule has 2 aliphatic rings. The van der Waals surface area contributed by atoms with E-state index in [1.165, 1.54) is 0 Å². The summed E-state index contributed by atoms with van der Waals surface area (Å²) in [4.78, 5) is 22.1. The molecule has 2 fully saturated rings. The third kappa shape index (κ3) is 4.47. The maximum absolute atomic E-state index is 12.5. The van der Waals surface area contributed by atoms with Crippen molar-refractivity contribution in [1.29, 1.82) is 0 Å². The number of hydrogen-bond donors (Lipinski definition) is 1. The van der Waals surface area contributed by atoms with Crippen molar-refractivity contribution in [1.82, 2.24) is 9.80 Å². The zero-order valence-electron chi connectivity index (χ0n) is 15.7. The summed E-state index contributed by atoms with van der Waals surface area (Å²) < 4.78 is 0. The molecule has 0 bridgehead atoms. The lowest BCUT2D eigenvalue weighted by molar-refractivity contribution is 0.0968. The molecule has 3 rings (SSSR count). The molecule has 1 aromatic carbocycles. The van der Waals surface area contributed by atoms with Crippen LogP contribution >= 0.6 is 0 Å². The number of likely N-dealkylation sites (N-methyl/N-ethyl adjacent to an activating group) is 1. The van der Waals surface area contributed by atoms with E-state index >= 15 is 0 Å². The summed E-state index contributed by atoms with van der Waals surface area (Å²) in [5.74, 6) is 0.508. The first-order chi connectivity index (χ1) is 12.1. The smallest absolute Gasteiger partial charge is 0.168 e. The average molecular weight is 342 g/mol. The van der Waals surface area contributed by atoms with E-state index in [-0.39, 0.29) is 11.7 Å². The molecule has 0 unspecified atom stereocenters. The molecule has 0 aromatic heterocycles. The minimum atomic E-state index is 0.233. The molecule has 5 heteroatoms. The summed E-state index contributed by atoms with van der Waals surface area (Å²) in [6.07, 6.45) is 2.06. The summed E-state index contributed by atoms with van der Waals surface area (Å²) >= 11 is 0. The molecule has 1 aliphatic heterocycles. The molecular formula is C20H30N4O. The van der Waals surface area contributed by atoms with Crippen LogP contribution in [-0.2, 0) is 0 Å². The Bertz CT molecular complexity index is 643. The molecule has 25 heavy (non-hydrogen) atoms. The van der Waals surface area contributed by atoms with Crippen molar-refractivity contribution in [2.45, 2.75) is 19.8 Å². The van der Waals surface area contributed by atoms with Crippen molar-refractivity contribution in [3.63, 3.8) is 0 Å². The van der Waals surface area contributed by atoms with Crippen molar-refractivity contribution in [2.24, 2.45) is 10.9 Å². The van der Waals surface area contributed by atoms with Gasteiger partial charge in [0, 0.05) is 62.5 Å². The van der Waals surface area contributed by atoms with E-state index in [1.54, 1.807) is 0 Å². The minimum Gasteiger partial charge on any atom is -0.387 e. The maximum atomic E-state index is 12.5. The largest absolute Gasteiger partial charge is 0.387 e. The molecule has 5 nitrogen and oxygen atoms in total. The number of piperazine rings is 1. The van der Waals surface area contributed by atoms with Gasteiger partial charge in [0.25, 0.3) is 0 Å². The Morgan fingerprint density at radius 1 is 1.20 bits per heavy atom. The van der Waals surface area contributed by atoms with Crippen LogP contribution in [-0.4, -0.2) is 74.7 Å². The van der Waals surface area contributed by atoms with Gasteiger partial charge in [-0.2, -0.15) is 0 Å². The predicted octanol–water partition coefficient (Wildman–Crippen LogP) is 2.38. The standard InChI is InChI=1S/C20H30N4O/c1-15(22-9-10-24-13-11-23(3)12-14-24)17-5-4-6-18(19(17)21-2)20(25)16-7-8-16/h4-6,16,21H,7-14H2,1-3H3. The highest BCUT2D eigenvalue weighted by atomic mass is 16.1. The SMILES string of the molecule is CNc1c(C(=O)C2CC2)cccc1C(C)=NCCN1CCN(C)CC1. The number of aliphatic imine (C=N–C) groups is 1. The third-order valence-electron chi connectivity index (χ3n) is 5.28. The van der Waals surface area contributed by atoms with Crippen molar-refractivity contribution >= 4 is 17.2 Å². The fourth-order valence-corrected chi connectivity index (χ4v) is 3.41. The molecule has 1 heterocycles. The lowest BCUT2D eigenvalue weighted by Crippen LogP contribution is -2.45. The van der Waals surface area contributed by atoms with Crippen LogP contribution in [0.15, 0.2) is 23.2 Å². The Morgan fingerprint density at radius 2 is 1.88 bits per heavy atom. The van der Waals surface area contributed by atoms with Crippen LogP contribution in [0.5, 0.6) is 0 Å². The van der Waals surface area contributed by atoms with Crippen LogP contribution < -0.4 is 5.32 Å². The highest BCUT2D eigenvalue weighted by Crippen LogP contribution is 2.35. The van der Waals surface area contributed by atoms with E-state index in [0.717, 1.165) is 74.6 Å². The average Bonchev–Trinajstić information content (AvgIpc) is 3.47. The first-order valence-corrected chi connectivity index (χ1v) is 9.37. The zero-order valence-corrected chi connectivity index (χ0v) is 15.7. The van der Waals surface area contributed by atoms with Crippen molar-refractivity contribution in [3.8, 4) is 0 Å². The molecule has 0 radical (unpaired) electrons. The quantitative estimate of drug-likeness (QED) is 0.610. The number of para-hydroxylation sites is 1. The molecule has 0 atom stereocenters. The minimum absolute atomic E-state index is 0.233. The molecule has 1 saturated heterocycles. The Morgan fingerprint density at radius 3 is 2.52 bits per heavy atom. The highest BCUT2D eigenvalue weighted by molar-refractivity contribution is 6.11. The predicted molar refractivity (Wildman–Crippen MR) is 104 cm³/mol. The first-order valence-electron chi connectivity index (χ1n) is 9.37. The number of ketones is 1. The number of carbonyl (C=O) groups excluding carboxylic acids is 1. The van der Waals surface area contributed by atoms with Crippen LogP contribution in [0, 0.1) is 5.92 Å². The Hall–Kier alpha value is -1.72. The topological polar surface area (TPSA) is 47.9 Å². The van der Waals surface area contributed by atoms with E-state index in [9.17, 15) is 4.79 Å². The van der Waals surface area contributed by atoms with Gasteiger partial charge >= 0.3 is 0 Å². The number of rotatable bonds is 7. The van der Waals surface area contributed by atoms with Crippen molar-refractivity contribution in [2.75, 3.05) is 58.7 Å². The number of carbonyl (C=O) groups is 1. The van der Waals surface area contributed by atoms with Crippen molar-refractivity contribution < 1.29 is 4.79 Å². The first kappa shape index (κ1) is 18.1. The lowest BCUT2D eigenvalue weighted by atomic mass is 9.98. The molecule has 1 aromatic rings. The third-order valence-corrected chi connectivity index (χ3v) is 5.28. The van der Waals surface area contributed by atoms with Gasteiger partial charge in [0.1, 0.15) is 0 Å². The molecule has 0 spiro atoms. The number of nitrogens with zero attached hydrogens (tertiary/aromatic N) is 3. The molecule has 1 aliphatic carbocycles. The number of anilines is 1. The van der Waals surface area contributed by atoms with Gasteiger partial charge in [-0.25, -0.2) is 0 Å². The normalized spacial score (nSPS) is 19.9. The lowest BCUT2D eigenvalue weighted by Gasteiger charge is -2.31. The summed E-state index contributed by atoms with van der Waals surface area (Å²) in [6.45, 7) is 8.37. The van der Waals surface area contributed by atoms with E-state index in [2.05, 4.69) is 28.2 Å². The van der Waals surface area contributed by atoms with Crippen LogP contribution in [0.2, 0.25) is 0 Å². The van der Waals surface area contributed by atoms with Gasteiger partial charge in [-0.1, -0.05) is 12.1 Å². The fraction of sp³-hybridized carbons (Fsp3) is 0.600. The van der Waals surface area contributed by atoms with Gasteiger partial charge in [0.05, 0.1) is 12.2 Å². The maximum Gasteiger partial charge on any atom is 0.168 e. The van der Waals surface area contributed by atoms with E-state index < -0.39 is 0 Å². The monoisotopic (exact) mass is 342 g/mol. The summed E-state index contributed by atoms with van der Waals surface area (Å²) in [6, 6.07) is 5.98. The van der Waals surface area contributed by atoms with Gasteiger partial charge in [0.2, 0.25) is 0 Å². The van der Waals surface area contributed by atoms with E-state index in [0.29, 0.717) is 0 Å². The van der Waals surface area contributed by atoms with Gasteiger partial charge < -0.3 is 10.2 Å².